The molecule has 2 aliphatic rings. The zero-order valence-electron chi connectivity index (χ0n) is 9.41. The Morgan fingerprint density at radius 1 is 1.27 bits per heavy atom. The van der Waals surface area contributed by atoms with Gasteiger partial charge in [0.25, 0.3) is 0 Å². The lowest BCUT2D eigenvalue weighted by atomic mass is 10.2. The minimum atomic E-state index is 0.102. The first-order valence-electron chi connectivity index (χ1n) is 5.99. The summed E-state index contributed by atoms with van der Waals surface area (Å²) in [7, 11) is 0. The number of rotatable bonds is 2. The first-order valence-corrected chi connectivity index (χ1v) is 5.99. The van der Waals surface area contributed by atoms with E-state index in [1.165, 1.54) is 25.7 Å². The molecular weight excluding hydrogens is 190 g/mol. The lowest BCUT2D eigenvalue weighted by Gasteiger charge is -2.15. The molecule has 2 rings (SSSR count). The largest absolute Gasteiger partial charge is 0.367 e. The van der Waals surface area contributed by atoms with Crippen LogP contribution in [0.5, 0.6) is 0 Å². The molecule has 0 bridgehead atoms. The third-order valence-electron chi connectivity index (χ3n) is 3.33. The topological polar surface area (TPSA) is 59.6 Å². The molecular formula is C11H21N3O. The standard InChI is InChI=1S/C11H21N3O/c1-8-6-7-10(15-8)11(14-12)13-9-4-2-3-5-9/h8-10H,2-7,12H2,1H3,(H,13,14). The number of ether oxygens (including phenoxy) is 1. The normalized spacial score (nSPS) is 33.6. The van der Waals surface area contributed by atoms with Crippen molar-refractivity contribution in [3.05, 3.63) is 0 Å². The van der Waals surface area contributed by atoms with E-state index in [1.54, 1.807) is 0 Å². The van der Waals surface area contributed by atoms with Crippen molar-refractivity contribution in [1.82, 2.24) is 5.43 Å². The molecule has 0 aromatic heterocycles. The minimum absolute atomic E-state index is 0.102. The van der Waals surface area contributed by atoms with Crippen LogP contribution in [0.25, 0.3) is 0 Å². The number of hydrogen-bond acceptors (Lipinski definition) is 3. The monoisotopic (exact) mass is 211 g/mol. The van der Waals surface area contributed by atoms with Crippen molar-refractivity contribution in [2.24, 2.45) is 10.8 Å². The van der Waals surface area contributed by atoms with Gasteiger partial charge in [-0.05, 0) is 32.6 Å². The Morgan fingerprint density at radius 2 is 2.00 bits per heavy atom. The lowest BCUT2D eigenvalue weighted by molar-refractivity contribution is 0.0914. The van der Waals surface area contributed by atoms with Gasteiger partial charge < -0.3 is 10.2 Å². The van der Waals surface area contributed by atoms with E-state index in [4.69, 9.17) is 10.6 Å². The Bertz CT molecular complexity index is 236. The predicted octanol–water partition coefficient (Wildman–Crippen LogP) is 1.36. The van der Waals surface area contributed by atoms with E-state index in [1.807, 2.05) is 0 Å². The summed E-state index contributed by atoms with van der Waals surface area (Å²) in [4.78, 5) is 4.67. The van der Waals surface area contributed by atoms with Gasteiger partial charge in [0.15, 0.2) is 0 Å². The number of hydrogen-bond donors (Lipinski definition) is 2. The molecule has 4 nitrogen and oxygen atoms in total. The van der Waals surface area contributed by atoms with Crippen LogP contribution >= 0.6 is 0 Å². The summed E-state index contributed by atoms with van der Waals surface area (Å²) < 4.78 is 5.75. The molecule has 1 heterocycles. The van der Waals surface area contributed by atoms with Crippen LogP contribution in [0.1, 0.15) is 45.4 Å². The number of hydrazine groups is 1. The van der Waals surface area contributed by atoms with Crippen LogP contribution in [0, 0.1) is 0 Å². The van der Waals surface area contributed by atoms with Gasteiger partial charge in [0.1, 0.15) is 11.9 Å². The first kappa shape index (κ1) is 10.9. The Kier molecular flexibility index (Phi) is 3.59. The van der Waals surface area contributed by atoms with Gasteiger partial charge in [-0.15, -0.1) is 0 Å². The molecule has 1 aliphatic heterocycles. The second-order valence-electron chi connectivity index (χ2n) is 4.61. The SMILES string of the molecule is CC1CCC(C(=NC2CCCC2)NN)O1. The summed E-state index contributed by atoms with van der Waals surface area (Å²) in [5, 5.41) is 0. The summed E-state index contributed by atoms with van der Waals surface area (Å²) >= 11 is 0. The van der Waals surface area contributed by atoms with Crippen molar-refractivity contribution < 1.29 is 4.74 Å². The van der Waals surface area contributed by atoms with Crippen LogP contribution in [-0.4, -0.2) is 24.1 Å². The Morgan fingerprint density at radius 3 is 2.53 bits per heavy atom. The molecule has 2 atom stereocenters. The van der Waals surface area contributed by atoms with Gasteiger partial charge in [-0.25, -0.2) is 5.84 Å². The number of nitrogens with one attached hydrogen (secondary N) is 1. The first-order chi connectivity index (χ1) is 7.29. The molecule has 0 radical (unpaired) electrons. The smallest absolute Gasteiger partial charge is 0.140 e. The Hall–Kier alpha value is -0.610. The van der Waals surface area contributed by atoms with E-state index >= 15 is 0 Å². The predicted molar refractivity (Wildman–Crippen MR) is 60.6 cm³/mol. The van der Waals surface area contributed by atoms with Crippen molar-refractivity contribution >= 4 is 5.84 Å². The zero-order valence-corrected chi connectivity index (χ0v) is 9.41. The van der Waals surface area contributed by atoms with Crippen LogP contribution in [0.2, 0.25) is 0 Å². The van der Waals surface area contributed by atoms with Gasteiger partial charge in [-0.1, -0.05) is 12.8 Å². The van der Waals surface area contributed by atoms with Crippen molar-refractivity contribution in [3.63, 3.8) is 0 Å². The second-order valence-corrected chi connectivity index (χ2v) is 4.61. The molecule has 0 aromatic rings. The summed E-state index contributed by atoms with van der Waals surface area (Å²) in [6, 6.07) is 0.468. The van der Waals surface area contributed by atoms with E-state index in [9.17, 15) is 0 Å². The maximum absolute atomic E-state index is 5.75. The van der Waals surface area contributed by atoms with E-state index < -0.39 is 0 Å². The fraction of sp³-hybridized carbons (Fsp3) is 0.909. The third-order valence-corrected chi connectivity index (χ3v) is 3.33. The van der Waals surface area contributed by atoms with Gasteiger partial charge in [-0.2, -0.15) is 0 Å². The van der Waals surface area contributed by atoms with Crippen molar-refractivity contribution in [3.8, 4) is 0 Å². The molecule has 1 aliphatic carbocycles. The van der Waals surface area contributed by atoms with Crippen molar-refractivity contribution in [1.29, 1.82) is 0 Å². The Balaban J connectivity index is 1.96. The summed E-state index contributed by atoms with van der Waals surface area (Å²) in [5.74, 6) is 6.37. The molecule has 3 N–H and O–H groups in total. The fourth-order valence-corrected chi connectivity index (χ4v) is 2.45. The molecule has 2 fully saturated rings. The molecule has 0 aromatic carbocycles. The molecule has 0 spiro atoms. The fourth-order valence-electron chi connectivity index (χ4n) is 2.45. The maximum atomic E-state index is 5.75. The summed E-state index contributed by atoms with van der Waals surface area (Å²) in [5.41, 5.74) is 2.72. The summed E-state index contributed by atoms with van der Waals surface area (Å²) in [6.45, 7) is 2.10. The number of amidine groups is 1. The number of aliphatic imine (C=N–C) groups is 1. The second kappa shape index (κ2) is 4.94. The highest BCUT2D eigenvalue weighted by atomic mass is 16.5. The van der Waals surface area contributed by atoms with Gasteiger partial charge in [0.05, 0.1) is 12.1 Å². The van der Waals surface area contributed by atoms with Crippen LogP contribution in [-0.2, 0) is 4.74 Å². The molecule has 1 saturated heterocycles. The highest BCUT2D eigenvalue weighted by Crippen LogP contribution is 2.24. The molecule has 2 unspecified atom stereocenters. The maximum Gasteiger partial charge on any atom is 0.140 e. The minimum Gasteiger partial charge on any atom is -0.367 e. The molecule has 15 heavy (non-hydrogen) atoms. The van der Waals surface area contributed by atoms with Gasteiger partial charge in [0.2, 0.25) is 0 Å². The molecule has 4 heteroatoms. The zero-order chi connectivity index (χ0) is 10.7. The highest BCUT2D eigenvalue weighted by molar-refractivity contribution is 5.86. The van der Waals surface area contributed by atoms with Crippen LogP contribution in [0.3, 0.4) is 0 Å². The third kappa shape index (κ3) is 2.69. The van der Waals surface area contributed by atoms with E-state index in [0.717, 1.165) is 18.7 Å². The van der Waals surface area contributed by atoms with Crippen LogP contribution in [0.4, 0.5) is 0 Å². The molecule has 0 amide bonds. The quantitative estimate of drug-likeness (QED) is 0.314. The number of nitrogens with zero attached hydrogens (tertiary/aromatic N) is 1. The number of nitrogens with two attached hydrogens (primary N) is 1. The highest BCUT2D eigenvalue weighted by Gasteiger charge is 2.27. The van der Waals surface area contributed by atoms with Gasteiger partial charge in [0, 0.05) is 0 Å². The van der Waals surface area contributed by atoms with Gasteiger partial charge >= 0.3 is 0 Å². The summed E-state index contributed by atoms with van der Waals surface area (Å²) in [6.07, 6.45) is 7.60. The average molecular weight is 211 g/mol. The van der Waals surface area contributed by atoms with Crippen molar-refractivity contribution in [2.45, 2.75) is 63.7 Å². The van der Waals surface area contributed by atoms with E-state index in [-0.39, 0.29) is 6.10 Å². The lowest BCUT2D eigenvalue weighted by Crippen LogP contribution is -2.40. The van der Waals surface area contributed by atoms with E-state index in [0.29, 0.717) is 12.1 Å². The van der Waals surface area contributed by atoms with Gasteiger partial charge in [-0.3, -0.25) is 4.99 Å². The van der Waals surface area contributed by atoms with E-state index in [2.05, 4.69) is 17.3 Å². The molecule has 86 valence electrons. The van der Waals surface area contributed by atoms with Crippen molar-refractivity contribution in [2.75, 3.05) is 0 Å². The Labute approximate surface area is 91.2 Å². The van der Waals surface area contributed by atoms with Crippen LogP contribution < -0.4 is 11.3 Å². The van der Waals surface area contributed by atoms with Crippen LogP contribution in [0.15, 0.2) is 4.99 Å². The molecule has 1 saturated carbocycles. The average Bonchev–Trinajstić information content (AvgIpc) is 2.85.